The Morgan fingerprint density at radius 1 is 1.35 bits per heavy atom. The van der Waals surface area contributed by atoms with Crippen molar-refractivity contribution in [2.24, 2.45) is 0 Å². The maximum absolute atomic E-state index is 12.5. The molecule has 1 amide bonds. The highest BCUT2D eigenvalue weighted by molar-refractivity contribution is 7.91. The zero-order valence-corrected chi connectivity index (χ0v) is 16.1. The smallest absolute Gasteiger partial charge is 0.238 e. The van der Waals surface area contributed by atoms with Gasteiger partial charge in [0.25, 0.3) is 0 Å². The number of likely N-dealkylation sites (N-methyl/N-ethyl adjacent to an activating group) is 1. The number of hydrogen-bond donors (Lipinski definition) is 1. The Kier molecular flexibility index (Phi) is 5.15. The van der Waals surface area contributed by atoms with Crippen molar-refractivity contribution in [3.05, 3.63) is 41.7 Å². The van der Waals surface area contributed by atoms with E-state index in [2.05, 4.69) is 10.4 Å². The fourth-order valence-electron chi connectivity index (χ4n) is 3.16. The van der Waals surface area contributed by atoms with Crippen molar-refractivity contribution < 1.29 is 13.2 Å². The first kappa shape index (κ1) is 18.6. The normalized spacial score (nSPS) is 19.0. The summed E-state index contributed by atoms with van der Waals surface area (Å²) in [7, 11) is -1.18. The summed E-state index contributed by atoms with van der Waals surface area (Å²) in [5.74, 6) is 0.149. The summed E-state index contributed by atoms with van der Waals surface area (Å²) in [4.78, 5) is 14.3. The van der Waals surface area contributed by atoms with E-state index in [1.165, 1.54) is 0 Å². The number of carbonyl (C=O) groups is 1. The molecule has 140 valence electrons. The molecule has 2 aromatic rings. The monoisotopic (exact) mass is 376 g/mol. The minimum Gasteiger partial charge on any atom is -0.323 e. The van der Waals surface area contributed by atoms with Crippen LogP contribution in [0.5, 0.6) is 0 Å². The summed E-state index contributed by atoms with van der Waals surface area (Å²) >= 11 is 0. The zero-order valence-electron chi connectivity index (χ0n) is 15.3. The standard InChI is InChI=1S/C18H24N4O3S/c1-13-4-5-17(22-10-14(2)9-19-22)16(8-13)20-18(23)11-21(3)15-6-7-26(24,25)12-15/h4-5,8-10,15H,6-7,11-12H2,1-3H3,(H,20,23). The lowest BCUT2D eigenvalue weighted by Crippen LogP contribution is -2.38. The van der Waals surface area contributed by atoms with Crippen LogP contribution in [0.25, 0.3) is 5.69 Å². The molecule has 1 unspecified atom stereocenters. The first-order valence-corrected chi connectivity index (χ1v) is 10.4. The number of benzene rings is 1. The number of aryl methyl sites for hydroxylation is 2. The molecule has 1 fully saturated rings. The molecule has 0 bridgehead atoms. The third-order valence-corrected chi connectivity index (χ3v) is 6.36. The van der Waals surface area contributed by atoms with Crippen LogP contribution in [-0.2, 0) is 14.6 Å². The lowest BCUT2D eigenvalue weighted by molar-refractivity contribution is -0.117. The third-order valence-electron chi connectivity index (χ3n) is 4.61. The first-order valence-electron chi connectivity index (χ1n) is 8.56. The van der Waals surface area contributed by atoms with E-state index in [4.69, 9.17) is 0 Å². The highest BCUT2D eigenvalue weighted by Crippen LogP contribution is 2.22. The van der Waals surface area contributed by atoms with Crippen molar-refractivity contribution in [1.82, 2.24) is 14.7 Å². The number of nitrogens with one attached hydrogen (secondary N) is 1. The van der Waals surface area contributed by atoms with Gasteiger partial charge >= 0.3 is 0 Å². The van der Waals surface area contributed by atoms with Crippen LogP contribution in [0.3, 0.4) is 0 Å². The molecule has 1 aliphatic rings. The van der Waals surface area contributed by atoms with Gasteiger partial charge in [-0.05, 0) is 50.6 Å². The predicted octanol–water partition coefficient (Wildman–Crippen LogP) is 1.55. The average Bonchev–Trinajstić information content (AvgIpc) is 3.13. The van der Waals surface area contributed by atoms with Gasteiger partial charge in [-0.25, -0.2) is 13.1 Å². The molecule has 1 aliphatic heterocycles. The molecule has 1 aromatic carbocycles. The molecule has 1 atom stereocenters. The zero-order chi connectivity index (χ0) is 18.9. The van der Waals surface area contributed by atoms with Gasteiger partial charge in [0.2, 0.25) is 5.91 Å². The Morgan fingerprint density at radius 2 is 2.12 bits per heavy atom. The van der Waals surface area contributed by atoms with Crippen molar-refractivity contribution >= 4 is 21.4 Å². The first-order chi connectivity index (χ1) is 12.2. The largest absolute Gasteiger partial charge is 0.323 e. The second kappa shape index (κ2) is 7.20. The molecule has 1 aromatic heterocycles. The number of anilines is 1. The summed E-state index contributed by atoms with van der Waals surface area (Å²) in [6.45, 7) is 4.07. The number of aromatic nitrogens is 2. The molecule has 26 heavy (non-hydrogen) atoms. The van der Waals surface area contributed by atoms with E-state index in [1.54, 1.807) is 17.9 Å². The van der Waals surface area contributed by atoms with Crippen molar-refractivity contribution in [2.45, 2.75) is 26.3 Å². The molecule has 0 aliphatic carbocycles. The van der Waals surface area contributed by atoms with E-state index in [9.17, 15) is 13.2 Å². The van der Waals surface area contributed by atoms with Gasteiger partial charge in [-0.15, -0.1) is 0 Å². The van der Waals surface area contributed by atoms with Gasteiger partial charge in [0.1, 0.15) is 0 Å². The Labute approximate surface area is 153 Å². The van der Waals surface area contributed by atoms with Gasteiger partial charge in [-0.2, -0.15) is 5.10 Å². The molecule has 0 spiro atoms. The van der Waals surface area contributed by atoms with E-state index in [0.717, 1.165) is 16.8 Å². The van der Waals surface area contributed by atoms with Crippen molar-refractivity contribution in [3.8, 4) is 5.69 Å². The SMILES string of the molecule is Cc1ccc(-n2cc(C)cn2)c(NC(=O)CN(C)C2CCS(=O)(=O)C2)c1. The number of amides is 1. The second-order valence-electron chi connectivity index (χ2n) is 7.00. The minimum atomic E-state index is -2.97. The fourth-order valence-corrected chi connectivity index (χ4v) is 4.97. The lowest BCUT2D eigenvalue weighted by atomic mass is 10.2. The van der Waals surface area contributed by atoms with Gasteiger partial charge in [-0.1, -0.05) is 6.07 Å². The molecular formula is C18H24N4O3S. The van der Waals surface area contributed by atoms with Crippen LogP contribution in [0.2, 0.25) is 0 Å². The number of carbonyl (C=O) groups excluding carboxylic acids is 1. The highest BCUT2D eigenvalue weighted by Gasteiger charge is 2.31. The van der Waals surface area contributed by atoms with Crippen LogP contribution in [-0.4, -0.2) is 60.1 Å². The average molecular weight is 376 g/mol. The van der Waals surface area contributed by atoms with Crippen molar-refractivity contribution in [1.29, 1.82) is 0 Å². The Hall–Kier alpha value is -2.19. The number of hydrogen-bond acceptors (Lipinski definition) is 5. The summed E-state index contributed by atoms with van der Waals surface area (Å²) in [5, 5.41) is 7.26. The second-order valence-corrected chi connectivity index (χ2v) is 9.23. The molecule has 8 heteroatoms. The Balaban J connectivity index is 1.72. The van der Waals surface area contributed by atoms with Crippen molar-refractivity contribution in [3.63, 3.8) is 0 Å². The van der Waals surface area contributed by atoms with E-state index in [0.29, 0.717) is 12.1 Å². The number of sulfone groups is 1. The van der Waals surface area contributed by atoms with Gasteiger partial charge in [0.05, 0.1) is 35.6 Å². The van der Waals surface area contributed by atoms with Crippen LogP contribution >= 0.6 is 0 Å². The minimum absolute atomic E-state index is 0.100. The third kappa shape index (κ3) is 4.31. The van der Waals surface area contributed by atoms with Crippen LogP contribution in [0.1, 0.15) is 17.5 Å². The topological polar surface area (TPSA) is 84.3 Å². The lowest BCUT2D eigenvalue weighted by Gasteiger charge is -2.22. The van der Waals surface area contributed by atoms with Gasteiger partial charge in [-0.3, -0.25) is 9.69 Å². The maximum Gasteiger partial charge on any atom is 0.238 e. The summed E-state index contributed by atoms with van der Waals surface area (Å²) < 4.78 is 25.0. The molecule has 7 nitrogen and oxygen atoms in total. The van der Waals surface area contributed by atoms with E-state index in [-0.39, 0.29) is 30.0 Å². The van der Waals surface area contributed by atoms with Gasteiger partial charge in [0.15, 0.2) is 9.84 Å². The Bertz CT molecular complexity index is 920. The molecule has 2 heterocycles. The molecule has 3 rings (SSSR count). The number of rotatable bonds is 5. The van der Waals surface area contributed by atoms with E-state index in [1.807, 2.05) is 43.1 Å². The summed E-state index contributed by atoms with van der Waals surface area (Å²) in [6, 6.07) is 5.70. The van der Waals surface area contributed by atoms with Crippen LogP contribution < -0.4 is 5.32 Å². The summed E-state index contributed by atoms with van der Waals surface area (Å²) in [5.41, 5.74) is 3.54. The summed E-state index contributed by atoms with van der Waals surface area (Å²) in [6.07, 6.45) is 4.24. The van der Waals surface area contributed by atoms with Crippen molar-refractivity contribution in [2.75, 3.05) is 30.4 Å². The van der Waals surface area contributed by atoms with E-state index >= 15 is 0 Å². The molecular weight excluding hydrogens is 352 g/mol. The molecule has 1 N–H and O–H groups in total. The van der Waals surface area contributed by atoms with Gasteiger partial charge < -0.3 is 5.32 Å². The van der Waals surface area contributed by atoms with Crippen LogP contribution in [0.15, 0.2) is 30.6 Å². The predicted molar refractivity (Wildman–Crippen MR) is 101 cm³/mol. The highest BCUT2D eigenvalue weighted by atomic mass is 32.2. The van der Waals surface area contributed by atoms with E-state index < -0.39 is 9.84 Å². The fraction of sp³-hybridized carbons (Fsp3) is 0.444. The van der Waals surface area contributed by atoms with Gasteiger partial charge in [0, 0.05) is 12.2 Å². The number of nitrogens with zero attached hydrogens (tertiary/aromatic N) is 3. The van der Waals surface area contributed by atoms with Crippen LogP contribution in [0, 0.1) is 13.8 Å². The van der Waals surface area contributed by atoms with Crippen LogP contribution in [0.4, 0.5) is 5.69 Å². The Morgan fingerprint density at radius 3 is 2.73 bits per heavy atom. The molecule has 1 saturated heterocycles. The maximum atomic E-state index is 12.5. The quantitative estimate of drug-likeness (QED) is 0.856. The molecule has 0 saturated carbocycles. The molecule has 0 radical (unpaired) electrons.